The van der Waals surface area contributed by atoms with Crippen molar-refractivity contribution in [3.05, 3.63) is 42.7 Å². The van der Waals surface area contributed by atoms with Gasteiger partial charge in [-0.15, -0.1) is 0 Å². The van der Waals surface area contributed by atoms with Gasteiger partial charge in [0, 0.05) is 12.1 Å². The van der Waals surface area contributed by atoms with Crippen LogP contribution in [0.15, 0.2) is 47.1 Å². The predicted molar refractivity (Wildman–Crippen MR) is 83.7 cm³/mol. The lowest BCUT2D eigenvalue weighted by molar-refractivity contribution is 0.598. The number of nitrogens with two attached hydrogens (primary N) is 1. The van der Waals surface area contributed by atoms with Crippen molar-refractivity contribution in [2.45, 2.75) is 0 Å². The van der Waals surface area contributed by atoms with Gasteiger partial charge in [-0.1, -0.05) is 30.3 Å². The number of nitrogens with zero attached hydrogens (tertiary/aromatic N) is 2. The maximum atomic E-state index is 11.0. The minimum atomic E-state index is -3.51. The van der Waals surface area contributed by atoms with Crippen molar-refractivity contribution in [2.75, 3.05) is 17.6 Å². The van der Waals surface area contributed by atoms with E-state index in [0.29, 0.717) is 22.7 Å². The highest BCUT2D eigenvalue weighted by molar-refractivity contribution is 7.89. The minimum absolute atomic E-state index is 0.163. The Morgan fingerprint density at radius 2 is 1.95 bits per heavy atom. The van der Waals surface area contributed by atoms with Gasteiger partial charge in [-0.3, -0.25) is 0 Å². The number of fused-ring (bicyclic) bond motifs is 1. The molecule has 0 aliphatic heterocycles. The number of anilines is 1. The number of hydrogen-bond donors (Lipinski definition) is 2. The van der Waals surface area contributed by atoms with Crippen LogP contribution in [-0.2, 0) is 10.0 Å². The predicted octanol–water partition coefficient (Wildman–Crippen LogP) is 1.59. The molecule has 0 atom stereocenters. The summed E-state index contributed by atoms with van der Waals surface area (Å²) in [4.78, 5) is 8.20. The van der Waals surface area contributed by atoms with Gasteiger partial charge in [0.15, 0.2) is 0 Å². The van der Waals surface area contributed by atoms with Crippen LogP contribution in [0.1, 0.15) is 0 Å². The van der Waals surface area contributed by atoms with Crippen LogP contribution < -0.4 is 10.5 Å². The molecule has 0 bridgehead atoms. The van der Waals surface area contributed by atoms with Gasteiger partial charge < -0.3 is 9.73 Å². The molecule has 8 heteroatoms. The zero-order chi connectivity index (χ0) is 15.6. The topological polar surface area (TPSA) is 111 Å². The number of benzene rings is 1. The van der Waals surface area contributed by atoms with Gasteiger partial charge in [-0.25, -0.2) is 23.5 Å². The van der Waals surface area contributed by atoms with Crippen LogP contribution in [0, 0.1) is 0 Å². The molecule has 2 heterocycles. The average Bonchev–Trinajstić information content (AvgIpc) is 2.92. The molecule has 114 valence electrons. The maximum Gasteiger partial charge on any atom is 0.231 e. The van der Waals surface area contributed by atoms with Crippen LogP contribution in [-0.4, -0.2) is 30.7 Å². The molecule has 3 N–H and O–H groups in total. The molecule has 0 amide bonds. The quantitative estimate of drug-likeness (QED) is 0.739. The van der Waals surface area contributed by atoms with Gasteiger partial charge in [0.05, 0.1) is 11.1 Å². The van der Waals surface area contributed by atoms with Gasteiger partial charge in [-0.05, 0) is 6.07 Å². The van der Waals surface area contributed by atoms with Crippen molar-refractivity contribution < 1.29 is 12.8 Å². The lowest BCUT2D eigenvalue weighted by atomic mass is 10.2. The Balaban J connectivity index is 1.90. The van der Waals surface area contributed by atoms with E-state index in [4.69, 9.17) is 9.56 Å². The molecular formula is C14H14N4O3S. The van der Waals surface area contributed by atoms with Crippen molar-refractivity contribution in [3.63, 3.8) is 0 Å². The highest BCUT2D eigenvalue weighted by atomic mass is 32.2. The zero-order valence-electron chi connectivity index (χ0n) is 11.6. The molecule has 0 saturated heterocycles. The summed E-state index contributed by atoms with van der Waals surface area (Å²) in [5, 5.41) is 8.60. The molecule has 0 saturated carbocycles. The lowest BCUT2D eigenvalue weighted by Crippen LogP contribution is -2.22. The standard InChI is InChI=1S/C14H14N4O3S/c15-22(19,20)7-6-16-13-11-8-12(10-4-2-1-3-5-10)21-14(11)18-9-17-13/h1-5,8-9H,6-7H2,(H2,15,19,20)(H,16,17,18). The van der Waals surface area contributed by atoms with Gasteiger partial charge in [0.25, 0.3) is 0 Å². The van der Waals surface area contributed by atoms with Gasteiger partial charge in [0.2, 0.25) is 15.7 Å². The van der Waals surface area contributed by atoms with E-state index in [1.807, 2.05) is 36.4 Å². The Labute approximate surface area is 127 Å². The van der Waals surface area contributed by atoms with E-state index in [-0.39, 0.29) is 12.3 Å². The second-order valence-electron chi connectivity index (χ2n) is 4.71. The molecule has 0 unspecified atom stereocenters. The first kappa shape index (κ1) is 14.5. The van der Waals surface area contributed by atoms with Crippen LogP contribution in [0.4, 0.5) is 5.82 Å². The van der Waals surface area contributed by atoms with Crippen LogP contribution >= 0.6 is 0 Å². The third-order valence-corrected chi connectivity index (χ3v) is 3.84. The molecule has 22 heavy (non-hydrogen) atoms. The van der Waals surface area contributed by atoms with Crippen LogP contribution in [0.2, 0.25) is 0 Å². The Hall–Kier alpha value is -2.45. The molecule has 7 nitrogen and oxygen atoms in total. The molecular weight excluding hydrogens is 304 g/mol. The van der Waals surface area contributed by atoms with E-state index < -0.39 is 10.0 Å². The third-order valence-electron chi connectivity index (χ3n) is 3.07. The summed E-state index contributed by atoms with van der Waals surface area (Å²) in [6.07, 6.45) is 1.36. The first-order chi connectivity index (χ1) is 10.5. The number of primary sulfonamides is 1. The number of hydrogen-bond acceptors (Lipinski definition) is 6. The van der Waals surface area contributed by atoms with E-state index >= 15 is 0 Å². The summed E-state index contributed by atoms with van der Waals surface area (Å²) in [6, 6.07) is 11.4. The van der Waals surface area contributed by atoms with Crippen LogP contribution in [0.5, 0.6) is 0 Å². The number of furan rings is 1. The Kier molecular flexibility index (Phi) is 3.78. The smallest absolute Gasteiger partial charge is 0.231 e. The molecule has 2 aromatic heterocycles. The summed E-state index contributed by atoms with van der Waals surface area (Å²) in [5.41, 5.74) is 1.36. The number of sulfonamides is 1. The van der Waals surface area contributed by atoms with Gasteiger partial charge in [0.1, 0.15) is 17.9 Å². The average molecular weight is 318 g/mol. The number of nitrogens with one attached hydrogen (secondary N) is 1. The molecule has 0 fully saturated rings. The van der Waals surface area contributed by atoms with E-state index in [0.717, 1.165) is 5.56 Å². The normalized spacial score (nSPS) is 11.7. The van der Waals surface area contributed by atoms with E-state index in [1.165, 1.54) is 6.33 Å². The monoisotopic (exact) mass is 318 g/mol. The first-order valence-corrected chi connectivity index (χ1v) is 8.29. The molecule has 0 aliphatic rings. The van der Waals surface area contributed by atoms with Gasteiger partial charge >= 0.3 is 0 Å². The fourth-order valence-corrected chi connectivity index (χ4v) is 2.44. The third kappa shape index (κ3) is 3.23. The van der Waals surface area contributed by atoms with Crippen molar-refractivity contribution in [1.29, 1.82) is 0 Å². The highest BCUT2D eigenvalue weighted by Gasteiger charge is 2.12. The number of rotatable bonds is 5. The summed E-state index contributed by atoms with van der Waals surface area (Å²) < 4.78 is 27.6. The Morgan fingerprint density at radius 3 is 2.68 bits per heavy atom. The fraction of sp³-hybridized carbons (Fsp3) is 0.143. The van der Waals surface area contributed by atoms with E-state index in [9.17, 15) is 8.42 Å². The first-order valence-electron chi connectivity index (χ1n) is 6.57. The summed E-state index contributed by atoms with van der Waals surface area (Å²) in [5.74, 6) is 1.01. The summed E-state index contributed by atoms with van der Waals surface area (Å²) in [6.45, 7) is 0.163. The summed E-state index contributed by atoms with van der Waals surface area (Å²) >= 11 is 0. The van der Waals surface area contributed by atoms with E-state index in [2.05, 4.69) is 15.3 Å². The fourth-order valence-electron chi connectivity index (χ4n) is 2.05. The Bertz CT molecular complexity index is 891. The second kappa shape index (κ2) is 5.74. The molecule has 0 aliphatic carbocycles. The number of aromatic nitrogens is 2. The molecule has 3 rings (SSSR count). The largest absolute Gasteiger partial charge is 0.438 e. The molecule has 3 aromatic rings. The highest BCUT2D eigenvalue weighted by Crippen LogP contribution is 2.29. The van der Waals surface area contributed by atoms with Gasteiger partial charge in [-0.2, -0.15) is 0 Å². The van der Waals surface area contributed by atoms with Crippen LogP contribution in [0.3, 0.4) is 0 Å². The second-order valence-corrected chi connectivity index (χ2v) is 6.45. The maximum absolute atomic E-state index is 11.0. The molecule has 1 aromatic carbocycles. The van der Waals surface area contributed by atoms with Crippen LogP contribution in [0.25, 0.3) is 22.4 Å². The van der Waals surface area contributed by atoms with Crippen molar-refractivity contribution in [3.8, 4) is 11.3 Å². The summed E-state index contributed by atoms with van der Waals surface area (Å²) in [7, 11) is -3.51. The van der Waals surface area contributed by atoms with Crippen molar-refractivity contribution in [2.24, 2.45) is 5.14 Å². The zero-order valence-corrected chi connectivity index (χ0v) is 12.4. The van der Waals surface area contributed by atoms with Crippen molar-refractivity contribution >= 4 is 26.9 Å². The molecule has 0 spiro atoms. The Morgan fingerprint density at radius 1 is 1.18 bits per heavy atom. The minimum Gasteiger partial charge on any atom is -0.438 e. The lowest BCUT2D eigenvalue weighted by Gasteiger charge is -2.04. The van der Waals surface area contributed by atoms with E-state index in [1.54, 1.807) is 0 Å². The van der Waals surface area contributed by atoms with Crippen molar-refractivity contribution in [1.82, 2.24) is 9.97 Å². The SMILES string of the molecule is NS(=O)(=O)CCNc1ncnc2oc(-c3ccccc3)cc12. The molecule has 0 radical (unpaired) electrons.